The van der Waals surface area contributed by atoms with Crippen LogP contribution in [0, 0.1) is 0 Å². The normalized spacial score (nSPS) is 17.3. The number of amides is 2. The van der Waals surface area contributed by atoms with E-state index in [1.165, 1.54) is 19.3 Å². The molecule has 6 heteroatoms. The molecule has 1 aliphatic rings. The first kappa shape index (κ1) is 18.5. The first-order chi connectivity index (χ1) is 12.7. The Morgan fingerprint density at radius 3 is 2.50 bits per heavy atom. The zero-order valence-corrected chi connectivity index (χ0v) is 15.0. The molecule has 0 radical (unpaired) electrons. The Morgan fingerprint density at radius 2 is 1.81 bits per heavy atom. The van der Waals surface area contributed by atoms with Gasteiger partial charge in [0.2, 0.25) is 5.91 Å². The van der Waals surface area contributed by atoms with Gasteiger partial charge in [0.05, 0.1) is 6.61 Å². The number of aromatic amines is 1. The second-order valence-corrected chi connectivity index (χ2v) is 7.03. The molecular formula is C20H27N3O3. The Balaban J connectivity index is 1.60. The summed E-state index contributed by atoms with van der Waals surface area (Å²) in [6.45, 7) is -0.426. The van der Waals surface area contributed by atoms with Gasteiger partial charge in [0, 0.05) is 16.9 Å². The number of benzene rings is 1. The topological polar surface area (TPSA) is 94.2 Å². The number of aliphatic hydroxyl groups excluding tert-OH is 1. The zero-order chi connectivity index (χ0) is 18.4. The smallest absolute Gasteiger partial charge is 0.268 e. The van der Waals surface area contributed by atoms with E-state index >= 15 is 0 Å². The molecule has 0 unspecified atom stereocenters. The molecule has 1 heterocycles. The molecule has 1 fully saturated rings. The highest BCUT2D eigenvalue weighted by Gasteiger charge is 2.24. The average Bonchev–Trinajstić information content (AvgIpc) is 3.05. The van der Waals surface area contributed by atoms with Crippen molar-refractivity contribution in [3.05, 3.63) is 36.0 Å². The molecule has 26 heavy (non-hydrogen) atoms. The minimum Gasteiger partial charge on any atom is -0.394 e. The van der Waals surface area contributed by atoms with Crippen molar-refractivity contribution in [2.75, 3.05) is 6.61 Å². The van der Waals surface area contributed by atoms with E-state index in [1.807, 2.05) is 24.3 Å². The molecule has 1 atom stereocenters. The van der Waals surface area contributed by atoms with Crippen LogP contribution in [0.1, 0.15) is 55.4 Å². The van der Waals surface area contributed by atoms with Crippen LogP contribution >= 0.6 is 0 Å². The molecule has 4 N–H and O–H groups in total. The lowest BCUT2D eigenvalue weighted by Crippen LogP contribution is -2.51. The van der Waals surface area contributed by atoms with Crippen LogP contribution in [0.4, 0.5) is 0 Å². The molecule has 140 valence electrons. The van der Waals surface area contributed by atoms with Crippen molar-refractivity contribution in [3.8, 4) is 0 Å². The fourth-order valence-corrected chi connectivity index (χ4v) is 3.53. The third-order valence-corrected chi connectivity index (χ3v) is 5.03. The van der Waals surface area contributed by atoms with Gasteiger partial charge >= 0.3 is 0 Å². The Kier molecular flexibility index (Phi) is 6.28. The SMILES string of the molecule is O=C(N[C@@H](CO)C(=O)NC1CCCCCCC1)c1cc2ccccc2[nH]1. The fourth-order valence-electron chi connectivity index (χ4n) is 3.53. The molecular weight excluding hydrogens is 330 g/mol. The van der Waals surface area contributed by atoms with Crippen molar-refractivity contribution in [2.45, 2.75) is 57.0 Å². The second-order valence-electron chi connectivity index (χ2n) is 7.03. The lowest BCUT2D eigenvalue weighted by molar-refractivity contribution is -0.124. The van der Waals surface area contributed by atoms with Gasteiger partial charge in [-0.25, -0.2) is 0 Å². The molecule has 1 aromatic carbocycles. The highest BCUT2D eigenvalue weighted by molar-refractivity contribution is 6.00. The number of carbonyl (C=O) groups excluding carboxylic acids is 2. The third kappa shape index (κ3) is 4.64. The molecule has 0 bridgehead atoms. The Morgan fingerprint density at radius 1 is 1.12 bits per heavy atom. The number of hydrogen-bond acceptors (Lipinski definition) is 3. The van der Waals surface area contributed by atoms with E-state index in [0.717, 1.165) is 36.6 Å². The van der Waals surface area contributed by atoms with Gasteiger partial charge in [0.1, 0.15) is 11.7 Å². The van der Waals surface area contributed by atoms with Crippen molar-refractivity contribution in [1.29, 1.82) is 0 Å². The van der Waals surface area contributed by atoms with E-state index in [-0.39, 0.29) is 11.9 Å². The molecule has 1 saturated carbocycles. The van der Waals surface area contributed by atoms with Gasteiger partial charge in [-0.15, -0.1) is 0 Å². The molecule has 6 nitrogen and oxygen atoms in total. The van der Waals surface area contributed by atoms with E-state index in [4.69, 9.17) is 0 Å². The van der Waals surface area contributed by atoms with Gasteiger partial charge in [0.25, 0.3) is 5.91 Å². The highest BCUT2D eigenvalue weighted by atomic mass is 16.3. The molecule has 3 rings (SSSR count). The van der Waals surface area contributed by atoms with Crippen molar-refractivity contribution in [2.24, 2.45) is 0 Å². The number of aliphatic hydroxyl groups is 1. The largest absolute Gasteiger partial charge is 0.394 e. The van der Waals surface area contributed by atoms with Crippen LogP contribution in [0.15, 0.2) is 30.3 Å². The highest BCUT2D eigenvalue weighted by Crippen LogP contribution is 2.17. The van der Waals surface area contributed by atoms with Crippen molar-refractivity contribution in [1.82, 2.24) is 15.6 Å². The summed E-state index contributed by atoms with van der Waals surface area (Å²) in [6, 6.07) is 8.51. The van der Waals surface area contributed by atoms with E-state index < -0.39 is 18.6 Å². The van der Waals surface area contributed by atoms with Gasteiger partial charge < -0.3 is 20.7 Å². The lowest BCUT2D eigenvalue weighted by atomic mass is 9.96. The summed E-state index contributed by atoms with van der Waals surface area (Å²) in [5, 5.41) is 16.1. The van der Waals surface area contributed by atoms with E-state index in [0.29, 0.717) is 5.69 Å². The van der Waals surface area contributed by atoms with Crippen LogP contribution in [0.25, 0.3) is 10.9 Å². The minimum atomic E-state index is -0.945. The maximum absolute atomic E-state index is 12.5. The third-order valence-electron chi connectivity index (χ3n) is 5.03. The Hall–Kier alpha value is -2.34. The summed E-state index contributed by atoms with van der Waals surface area (Å²) in [5.41, 5.74) is 1.24. The Bertz CT molecular complexity index is 715. The molecule has 0 saturated heterocycles. The molecule has 0 aliphatic heterocycles. The van der Waals surface area contributed by atoms with Crippen LogP contribution in [0.2, 0.25) is 0 Å². The maximum Gasteiger partial charge on any atom is 0.268 e. The predicted molar refractivity (Wildman–Crippen MR) is 101 cm³/mol. The fraction of sp³-hybridized carbons (Fsp3) is 0.500. The number of para-hydroxylation sites is 1. The summed E-state index contributed by atoms with van der Waals surface area (Å²) in [7, 11) is 0. The number of nitrogens with one attached hydrogen (secondary N) is 3. The summed E-state index contributed by atoms with van der Waals surface area (Å²) >= 11 is 0. The first-order valence-electron chi connectivity index (χ1n) is 9.47. The van der Waals surface area contributed by atoms with Crippen LogP contribution in [0.3, 0.4) is 0 Å². The number of fused-ring (bicyclic) bond motifs is 1. The van der Waals surface area contributed by atoms with Crippen molar-refractivity contribution in [3.63, 3.8) is 0 Å². The molecule has 1 aromatic heterocycles. The number of rotatable bonds is 5. The van der Waals surface area contributed by atoms with Crippen LogP contribution in [-0.4, -0.2) is 40.6 Å². The van der Waals surface area contributed by atoms with Gasteiger partial charge in [0.15, 0.2) is 0 Å². The van der Waals surface area contributed by atoms with Crippen LogP contribution in [0.5, 0.6) is 0 Å². The lowest BCUT2D eigenvalue weighted by Gasteiger charge is -2.24. The van der Waals surface area contributed by atoms with Gasteiger partial charge in [-0.1, -0.05) is 50.3 Å². The zero-order valence-electron chi connectivity index (χ0n) is 15.0. The van der Waals surface area contributed by atoms with E-state index in [1.54, 1.807) is 6.07 Å². The summed E-state index contributed by atoms with van der Waals surface area (Å²) < 4.78 is 0. The van der Waals surface area contributed by atoms with Gasteiger partial charge in [-0.05, 0) is 25.0 Å². The Labute approximate surface area is 153 Å². The number of aromatic nitrogens is 1. The summed E-state index contributed by atoms with van der Waals surface area (Å²) in [6.07, 6.45) is 7.80. The quantitative estimate of drug-likeness (QED) is 0.662. The van der Waals surface area contributed by atoms with Gasteiger partial charge in [-0.3, -0.25) is 9.59 Å². The number of carbonyl (C=O) groups is 2. The average molecular weight is 357 g/mol. The van der Waals surface area contributed by atoms with Crippen LogP contribution in [-0.2, 0) is 4.79 Å². The number of hydrogen-bond donors (Lipinski definition) is 4. The standard InChI is InChI=1S/C20H27N3O3/c24-13-18(20(26)21-15-9-4-2-1-3-5-10-15)23-19(25)17-12-14-8-6-7-11-16(14)22-17/h6-8,11-12,15,18,22,24H,1-5,9-10,13H2,(H,21,26)(H,23,25)/t18-/m0/s1. The van der Waals surface area contributed by atoms with Crippen molar-refractivity contribution >= 4 is 22.7 Å². The summed E-state index contributed by atoms with van der Waals surface area (Å²) in [5.74, 6) is -0.712. The van der Waals surface area contributed by atoms with Crippen LogP contribution < -0.4 is 10.6 Å². The minimum absolute atomic E-state index is 0.127. The molecule has 2 aromatic rings. The summed E-state index contributed by atoms with van der Waals surface area (Å²) in [4.78, 5) is 28.0. The number of H-pyrrole nitrogens is 1. The first-order valence-corrected chi connectivity index (χ1v) is 9.47. The maximum atomic E-state index is 12.5. The van der Waals surface area contributed by atoms with Gasteiger partial charge in [-0.2, -0.15) is 0 Å². The van der Waals surface area contributed by atoms with Crippen molar-refractivity contribution < 1.29 is 14.7 Å². The molecule has 0 spiro atoms. The molecule has 2 amide bonds. The van der Waals surface area contributed by atoms with E-state index in [9.17, 15) is 14.7 Å². The monoisotopic (exact) mass is 357 g/mol. The molecule has 1 aliphatic carbocycles. The van der Waals surface area contributed by atoms with E-state index in [2.05, 4.69) is 15.6 Å². The second kappa shape index (κ2) is 8.85. The predicted octanol–water partition coefficient (Wildman–Crippen LogP) is 2.49.